The van der Waals surface area contributed by atoms with Crippen LogP contribution in [0.3, 0.4) is 0 Å². The Morgan fingerprint density at radius 1 is 1.23 bits per heavy atom. The lowest BCUT2D eigenvalue weighted by molar-refractivity contribution is -0.137. The van der Waals surface area contributed by atoms with E-state index >= 15 is 0 Å². The van der Waals surface area contributed by atoms with Crippen molar-refractivity contribution in [3.63, 3.8) is 0 Å². The lowest BCUT2D eigenvalue weighted by atomic mass is 10.0. The number of nitrogens with one attached hydrogen (secondary N) is 2. The molecule has 168 valence electrons. The van der Waals surface area contributed by atoms with E-state index in [1.54, 1.807) is 29.5 Å². The first-order chi connectivity index (χ1) is 15.0. The molecule has 2 amide bonds. The van der Waals surface area contributed by atoms with Gasteiger partial charge in [0.25, 0.3) is 0 Å². The van der Waals surface area contributed by atoms with Gasteiger partial charge in [-0.15, -0.1) is 11.3 Å². The molecule has 9 heteroatoms. The Labute approximate surface area is 185 Å². The molecule has 0 spiro atoms. The molecule has 0 saturated carbocycles. The molecule has 8 nitrogen and oxygen atoms in total. The van der Waals surface area contributed by atoms with Gasteiger partial charge in [0.05, 0.1) is 31.7 Å². The van der Waals surface area contributed by atoms with Crippen molar-refractivity contribution in [2.24, 2.45) is 0 Å². The average Bonchev–Trinajstić information content (AvgIpc) is 3.42. The van der Waals surface area contributed by atoms with Crippen LogP contribution >= 0.6 is 11.3 Å². The van der Waals surface area contributed by atoms with Gasteiger partial charge >= 0.3 is 12.0 Å². The van der Waals surface area contributed by atoms with E-state index in [0.29, 0.717) is 30.3 Å². The monoisotopic (exact) mass is 448 g/mol. The molecule has 2 heterocycles. The second-order valence-corrected chi connectivity index (χ2v) is 8.35. The molecule has 3 rings (SSSR count). The van der Waals surface area contributed by atoms with Gasteiger partial charge in [-0.1, -0.05) is 31.9 Å². The van der Waals surface area contributed by atoms with Gasteiger partial charge in [-0.25, -0.2) is 4.79 Å². The van der Waals surface area contributed by atoms with E-state index in [0.717, 1.165) is 24.1 Å². The molecule has 2 atom stereocenters. The molecule has 0 radical (unpaired) electrons. The zero-order chi connectivity index (χ0) is 22.1. The Morgan fingerprint density at radius 2 is 2.06 bits per heavy atom. The van der Waals surface area contributed by atoms with Crippen LogP contribution in [-0.4, -0.2) is 36.5 Å². The van der Waals surface area contributed by atoms with Crippen LogP contribution in [0.5, 0.6) is 11.5 Å². The van der Waals surface area contributed by atoms with E-state index in [4.69, 9.17) is 14.2 Å². The maximum Gasteiger partial charge on any atom is 0.315 e. The second-order valence-electron chi connectivity index (χ2n) is 7.31. The summed E-state index contributed by atoms with van der Waals surface area (Å²) in [6.07, 6.45) is 2.49. The number of hydrogen-bond donors (Lipinski definition) is 3. The summed E-state index contributed by atoms with van der Waals surface area (Å²) in [6.45, 7) is 3.11. The maximum atomic E-state index is 12.7. The van der Waals surface area contributed by atoms with Crippen LogP contribution < -0.4 is 20.1 Å². The van der Waals surface area contributed by atoms with Gasteiger partial charge in [-0.2, -0.15) is 0 Å². The molecule has 2 aromatic rings. The van der Waals surface area contributed by atoms with Crippen molar-refractivity contribution in [1.82, 2.24) is 10.6 Å². The van der Waals surface area contributed by atoms with Crippen LogP contribution in [-0.2, 0) is 16.1 Å². The van der Waals surface area contributed by atoms with Gasteiger partial charge in [0.1, 0.15) is 0 Å². The number of benzene rings is 1. The van der Waals surface area contributed by atoms with E-state index < -0.39 is 18.0 Å². The number of carbonyl (C=O) groups excluding carboxylic acids is 1. The second kappa shape index (κ2) is 11.6. The SMILES string of the molecule is CCCCC(COCc1cccs1)NC(=O)N[C@@H](CC(=O)O)c1ccc2c(c1)OCO2. The molecule has 1 aromatic carbocycles. The molecule has 31 heavy (non-hydrogen) atoms. The molecule has 0 aliphatic carbocycles. The highest BCUT2D eigenvalue weighted by Crippen LogP contribution is 2.34. The van der Waals surface area contributed by atoms with Crippen molar-refractivity contribution in [1.29, 1.82) is 0 Å². The minimum atomic E-state index is -1.01. The van der Waals surface area contributed by atoms with Crippen LogP contribution in [0.2, 0.25) is 0 Å². The number of ether oxygens (including phenoxy) is 3. The van der Waals surface area contributed by atoms with Crippen LogP contribution in [0, 0.1) is 0 Å². The van der Waals surface area contributed by atoms with Crippen LogP contribution in [0.4, 0.5) is 4.79 Å². The molecule has 1 unspecified atom stereocenters. The number of thiophene rings is 1. The Kier molecular flexibility index (Phi) is 8.54. The first kappa shape index (κ1) is 22.9. The zero-order valence-electron chi connectivity index (χ0n) is 17.5. The van der Waals surface area contributed by atoms with E-state index in [1.807, 2.05) is 17.5 Å². The number of carbonyl (C=O) groups is 2. The largest absolute Gasteiger partial charge is 0.481 e. The number of unbranched alkanes of at least 4 members (excludes halogenated alkanes) is 1. The molecule has 1 aliphatic rings. The molecule has 3 N–H and O–H groups in total. The molecule has 0 bridgehead atoms. The van der Waals surface area contributed by atoms with Gasteiger partial charge in [0.2, 0.25) is 6.79 Å². The summed E-state index contributed by atoms with van der Waals surface area (Å²) in [5, 5.41) is 17.0. The summed E-state index contributed by atoms with van der Waals surface area (Å²) in [5.74, 6) is 0.132. The highest BCUT2D eigenvalue weighted by Gasteiger charge is 2.23. The van der Waals surface area contributed by atoms with E-state index in [9.17, 15) is 14.7 Å². The van der Waals surface area contributed by atoms with E-state index in [1.165, 1.54) is 0 Å². The summed E-state index contributed by atoms with van der Waals surface area (Å²) in [7, 11) is 0. The Balaban J connectivity index is 1.59. The molecule has 1 aromatic heterocycles. The maximum absolute atomic E-state index is 12.7. The fourth-order valence-corrected chi connectivity index (χ4v) is 3.93. The van der Waals surface area contributed by atoms with Crippen LogP contribution in [0.25, 0.3) is 0 Å². The number of carboxylic acid groups (broad SMARTS) is 1. The summed E-state index contributed by atoms with van der Waals surface area (Å²) in [4.78, 5) is 25.2. The molecular formula is C22H28N2O6S. The highest BCUT2D eigenvalue weighted by atomic mass is 32.1. The number of urea groups is 1. The summed E-state index contributed by atoms with van der Waals surface area (Å²) in [6, 6.07) is 7.84. The quantitative estimate of drug-likeness (QED) is 0.452. The van der Waals surface area contributed by atoms with Gasteiger partial charge in [0, 0.05) is 4.88 Å². The third kappa shape index (κ3) is 7.15. The third-order valence-corrected chi connectivity index (χ3v) is 5.72. The normalized spacial score (nSPS) is 14.1. The van der Waals surface area contributed by atoms with Crippen molar-refractivity contribution in [3.05, 3.63) is 46.2 Å². The standard InChI is InChI=1S/C22H28N2O6S/c1-2-3-5-16(12-28-13-17-6-4-9-31-17)23-22(27)24-18(11-21(25)26)15-7-8-19-20(10-15)30-14-29-19/h4,6-10,16,18H,2-3,5,11-14H2,1H3,(H,25,26)(H2,23,24,27)/t16?,18-/m0/s1. The lowest BCUT2D eigenvalue weighted by Crippen LogP contribution is -2.45. The zero-order valence-corrected chi connectivity index (χ0v) is 18.3. The topological polar surface area (TPSA) is 106 Å². The predicted octanol–water partition coefficient (Wildman–Crippen LogP) is 4.07. The number of fused-ring (bicyclic) bond motifs is 1. The van der Waals surface area contributed by atoms with Gasteiger partial charge < -0.3 is 30.0 Å². The first-order valence-corrected chi connectivity index (χ1v) is 11.2. The number of rotatable bonds is 12. The summed E-state index contributed by atoms with van der Waals surface area (Å²) in [5.41, 5.74) is 0.640. The van der Waals surface area contributed by atoms with E-state index in [2.05, 4.69) is 17.6 Å². The van der Waals surface area contributed by atoms with Crippen molar-refractivity contribution >= 4 is 23.3 Å². The van der Waals surface area contributed by atoms with E-state index in [-0.39, 0.29) is 19.3 Å². The van der Waals surface area contributed by atoms with Gasteiger partial charge in [-0.05, 0) is 35.6 Å². The Bertz CT molecular complexity index is 858. The summed E-state index contributed by atoms with van der Waals surface area (Å²) >= 11 is 1.63. The molecular weight excluding hydrogens is 420 g/mol. The van der Waals surface area contributed by atoms with Gasteiger partial charge in [0.15, 0.2) is 11.5 Å². The number of carboxylic acids is 1. The van der Waals surface area contributed by atoms with Gasteiger partial charge in [-0.3, -0.25) is 4.79 Å². The highest BCUT2D eigenvalue weighted by molar-refractivity contribution is 7.09. The number of aliphatic carboxylic acids is 1. The first-order valence-electron chi connectivity index (χ1n) is 10.3. The fourth-order valence-electron chi connectivity index (χ4n) is 3.29. The van der Waals surface area contributed by atoms with Crippen molar-refractivity contribution in [2.75, 3.05) is 13.4 Å². The van der Waals surface area contributed by atoms with Crippen molar-refractivity contribution < 1.29 is 28.9 Å². The number of amides is 2. The number of hydrogen-bond acceptors (Lipinski definition) is 6. The Hall–Kier alpha value is -2.78. The fraction of sp³-hybridized carbons (Fsp3) is 0.455. The minimum Gasteiger partial charge on any atom is -0.481 e. The third-order valence-electron chi connectivity index (χ3n) is 4.87. The molecule has 1 aliphatic heterocycles. The molecule has 0 fully saturated rings. The average molecular weight is 449 g/mol. The van der Waals surface area contributed by atoms with Crippen LogP contribution in [0.1, 0.15) is 49.1 Å². The predicted molar refractivity (Wildman–Crippen MR) is 117 cm³/mol. The van der Waals surface area contributed by atoms with Crippen LogP contribution in [0.15, 0.2) is 35.7 Å². The minimum absolute atomic E-state index is 0.126. The lowest BCUT2D eigenvalue weighted by Gasteiger charge is -2.22. The van der Waals surface area contributed by atoms with Crippen molar-refractivity contribution in [3.8, 4) is 11.5 Å². The smallest absolute Gasteiger partial charge is 0.315 e. The van der Waals surface area contributed by atoms with Crippen molar-refractivity contribution in [2.45, 2.75) is 51.3 Å². The molecule has 0 saturated heterocycles. The Morgan fingerprint density at radius 3 is 2.81 bits per heavy atom. The summed E-state index contributed by atoms with van der Waals surface area (Å²) < 4.78 is 16.5.